The number of rotatable bonds is 1. The highest BCUT2D eigenvalue weighted by Gasteiger charge is 2.91. The molecule has 132 valence electrons. The zero-order valence-electron chi connectivity index (χ0n) is 15.7. The molecule has 14 unspecified atom stereocenters. The Balaban J connectivity index is 1.41. The number of hydrogen-bond acceptors (Lipinski definition) is 0. The van der Waals surface area contributed by atoms with E-state index in [-0.39, 0.29) is 0 Å². The minimum atomic E-state index is 0.565. The Kier molecular flexibility index (Phi) is 1.62. The van der Waals surface area contributed by atoms with Crippen LogP contribution in [0.25, 0.3) is 0 Å². The highest BCUT2D eigenvalue weighted by atomic mass is 14.9. The van der Waals surface area contributed by atoms with E-state index in [0.29, 0.717) is 5.41 Å². The maximum absolute atomic E-state index is 4.42. The van der Waals surface area contributed by atoms with Gasteiger partial charge in [0.1, 0.15) is 0 Å². The van der Waals surface area contributed by atoms with Gasteiger partial charge in [0.25, 0.3) is 0 Å². The zero-order valence-corrected chi connectivity index (χ0v) is 15.7. The van der Waals surface area contributed by atoms with E-state index in [1.54, 1.807) is 51.4 Å². The minimum absolute atomic E-state index is 0.565. The van der Waals surface area contributed by atoms with E-state index in [1.807, 2.05) is 0 Å². The maximum Gasteiger partial charge on any atom is -0.0110 e. The van der Waals surface area contributed by atoms with Crippen LogP contribution >= 0.6 is 0 Å². The average Bonchev–Trinajstić information content (AvgIpc) is 2.60. The van der Waals surface area contributed by atoms with E-state index in [9.17, 15) is 0 Å². The summed E-state index contributed by atoms with van der Waals surface area (Å²) in [5, 5.41) is 0. The highest BCUT2D eigenvalue weighted by Crippen LogP contribution is 2.96. The monoisotopic (exact) mass is 332 g/mol. The Labute approximate surface area is 152 Å². The highest BCUT2D eigenvalue weighted by molar-refractivity contribution is 5.39. The molecule has 0 heterocycles. The second kappa shape index (κ2) is 3.12. The van der Waals surface area contributed by atoms with Crippen molar-refractivity contribution in [2.45, 2.75) is 58.3 Å². The molecular weight excluding hydrogens is 300 g/mol. The van der Waals surface area contributed by atoms with Crippen molar-refractivity contribution in [2.24, 2.45) is 80.8 Å². The molecule has 13 aliphatic rings. The van der Waals surface area contributed by atoms with Gasteiger partial charge in [-0.05, 0) is 132 Å². The van der Waals surface area contributed by atoms with Crippen molar-refractivity contribution in [3.63, 3.8) is 0 Å². The molecule has 0 radical (unpaired) electrons. The molecule has 0 saturated heterocycles. The summed E-state index contributed by atoms with van der Waals surface area (Å²) in [5.41, 5.74) is 2.94. The molecule has 13 fully saturated rings. The summed E-state index contributed by atoms with van der Waals surface area (Å²) in [6.45, 7) is 7.31. The molecule has 0 heteroatoms. The summed E-state index contributed by atoms with van der Waals surface area (Å²) in [4.78, 5) is 0. The van der Waals surface area contributed by atoms with Crippen LogP contribution in [0.3, 0.4) is 0 Å². The van der Waals surface area contributed by atoms with Crippen LogP contribution < -0.4 is 0 Å². The van der Waals surface area contributed by atoms with Crippen molar-refractivity contribution in [1.82, 2.24) is 0 Å². The standard InChI is InChI=1S/C25H32/c1-3-23-7-17-16-8-24-6-12-4-13-15-9-25(11-23,20(17)19(13)24)22(2,18(16)10-23)21(24)14(15)5-12/h3,12-21H,1,4-11H2,2H3. The van der Waals surface area contributed by atoms with Gasteiger partial charge in [0.15, 0.2) is 0 Å². The molecule has 0 N–H and O–H groups in total. The lowest BCUT2D eigenvalue weighted by atomic mass is 9.09. The summed E-state index contributed by atoms with van der Waals surface area (Å²) in [6, 6.07) is 0. The summed E-state index contributed by atoms with van der Waals surface area (Å²) in [7, 11) is 0. The van der Waals surface area contributed by atoms with Gasteiger partial charge in [-0.2, -0.15) is 0 Å². The third-order valence-corrected chi connectivity index (χ3v) is 13.8. The fraction of sp³-hybridized carbons (Fsp3) is 0.920. The van der Waals surface area contributed by atoms with Gasteiger partial charge in [-0.3, -0.25) is 0 Å². The summed E-state index contributed by atoms with van der Waals surface area (Å²) in [5.74, 6) is 11.5. The molecule has 0 aliphatic heterocycles. The van der Waals surface area contributed by atoms with E-state index < -0.39 is 0 Å². The first kappa shape index (κ1) is 13.0. The van der Waals surface area contributed by atoms with Crippen LogP contribution in [0.2, 0.25) is 0 Å². The lowest BCUT2D eigenvalue weighted by Crippen LogP contribution is -2.89. The second-order valence-electron chi connectivity index (χ2n) is 13.2. The third kappa shape index (κ3) is 0.883. The normalized spacial score (nSPS) is 82.1. The number of hydrogen-bond donors (Lipinski definition) is 0. The fourth-order valence-corrected chi connectivity index (χ4v) is 14.5. The predicted molar refractivity (Wildman–Crippen MR) is 97.4 cm³/mol. The van der Waals surface area contributed by atoms with Gasteiger partial charge < -0.3 is 0 Å². The Morgan fingerprint density at radius 2 is 1.72 bits per heavy atom. The van der Waals surface area contributed by atoms with Crippen molar-refractivity contribution in [3.8, 4) is 0 Å². The van der Waals surface area contributed by atoms with Crippen LogP contribution in [0.1, 0.15) is 58.3 Å². The van der Waals surface area contributed by atoms with Crippen LogP contribution in [0.4, 0.5) is 0 Å². The Bertz CT molecular complexity index is 781. The van der Waals surface area contributed by atoms with E-state index in [2.05, 4.69) is 19.6 Å². The molecule has 13 aliphatic carbocycles. The van der Waals surface area contributed by atoms with Crippen LogP contribution in [0.15, 0.2) is 12.7 Å². The first-order valence-electron chi connectivity index (χ1n) is 11.7. The van der Waals surface area contributed by atoms with Gasteiger partial charge in [-0.1, -0.05) is 13.0 Å². The van der Waals surface area contributed by atoms with E-state index in [1.165, 1.54) is 29.6 Å². The fourth-order valence-electron chi connectivity index (χ4n) is 14.5. The SMILES string of the molecule is C=CC12CC3C4CC56CC7CC8C9CC(C1)(C3C85)C(C)(C4C2)C6C9C7. The molecule has 25 heavy (non-hydrogen) atoms. The summed E-state index contributed by atoms with van der Waals surface area (Å²) in [6.07, 6.45) is 15.5. The summed E-state index contributed by atoms with van der Waals surface area (Å²) < 4.78 is 0. The van der Waals surface area contributed by atoms with Crippen LogP contribution in [-0.2, 0) is 0 Å². The Morgan fingerprint density at radius 3 is 2.60 bits per heavy atom. The lowest BCUT2D eigenvalue weighted by Gasteiger charge is -2.95. The van der Waals surface area contributed by atoms with Crippen molar-refractivity contribution in [1.29, 1.82) is 0 Å². The molecule has 0 amide bonds. The largest absolute Gasteiger partial charge is 0.103 e. The Morgan fingerprint density at radius 1 is 0.840 bits per heavy atom. The quantitative estimate of drug-likeness (QED) is 0.553. The third-order valence-electron chi connectivity index (χ3n) is 13.8. The molecule has 2 spiro atoms. The first-order valence-corrected chi connectivity index (χ1v) is 11.7. The van der Waals surface area contributed by atoms with Gasteiger partial charge in [-0.25, -0.2) is 0 Å². The van der Waals surface area contributed by atoms with Crippen molar-refractivity contribution in [2.75, 3.05) is 0 Å². The first-order chi connectivity index (χ1) is 12.1. The molecule has 0 aromatic heterocycles. The van der Waals surface area contributed by atoms with Crippen LogP contribution in [0, 0.1) is 80.8 Å². The van der Waals surface area contributed by atoms with E-state index in [4.69, 9.17) is 0 Å². The molecule has 14 atom stereocenters. The minimum Gasteiger partial charge on any atom is -0.103 e. The van der Waals surface area contributed by atoms with Crippen molar-refractivity contribution < 1.29 is 0 Å². The molecule has 14 bridgehead atoms. The Hall–Kier alpha value is -0.260. The topological polar surface area (TPSA) is 0 Å². The van der Waals surface area contributed by atoms with Crippen molar-refractivity contribution >= 4 is 0 Å². The predicted octanol–water partition coefficient (Wildman–Crippen LogP) is 5.54. The second-order valence-corrected chi connectivity index (χ2v) is 13.2. The smallest absolute Gasteiger partial charge is 0.0110 e. The molecular formula is C25H32. The molecule has 0 aromatic carbocycles. The van der Waals surface area contributed by atoms with Gasteiger partial charge in [0.05, 0.1) is 0 Å². The van der Waals surface area contributed by atoms with Gasteiger partial charge in [0, 0.05) is 0 Å². The van der Waals surface area contributed by atoms with Crippen molar-refractivity contribution in [3.05, 3.63) is 12.7 Å². The van der Waals surface area contributed by atoms with Gasteiger partial charge in [0.2, 0.25) is 0 Å². The molecule has 0 aromatic rings. The zero-order chi connectivity index (χ0) is 16.1. The summed E-state index contributed by atoms with van der Waals surface area (Å²) >= 11 is 0. The van der Waals surface area contributed by atoms with Crippen LogP contribution in [-0.4, -0.2) is 0 Å². The van der Waals surface area contributed by atoms with Gasteiger partial charge in [-0.15, -0.1) is 6.58 Å². The van der Waals surface area contributed by atoms with E-state index >= 15 is 0 Å². The lowest BCUT2D eigenvalue weighted by molar-refractivity contribution is -0.468. The van der Waals surface area contributed by atoms with E-state index in [0.717, 1.165) is 45.8 Å². The average molecular weight is 333 g/mol. The molecule has 13 saturated carbocycles. The molecule has 0 nitrogen and oxygen atoms in total. The number of allylic oxidation sites excluding steroid dienone is 1. The maximum atomic E-state index is 4.42. The molecule has 13 rings (SSSR count). The van der Waals surface area contributed by atoms with Crippen LogP contribution in [0.5, 0.6) is 0 Å². The van der Waals surface area contributed by atoms with Gasteiger partial charge >= 0.3 is 0 Å².